The molecule has 1 aliphatic rings. The van der Waals surface area contributed by atoms with Crippen molar-refractivity contribution in [1.82, 2.24) is 20.1 Å². The number of carbonyl (C=O) groups is 1. The van der Waals surface area contributed by atoms with Crippen LogP contribution in [0.5, 0.6) is 5.75 Å². The SMILES string of the molecule is Cc1cccc(OCCNC(=O)CSc2nnc(N3CCC(C)CC3)n2Cc2ccco2)c1. The molecular weight excluding hydrogens is 438 g/mol. The van der Waals surface area contributed by atoms with E-state index in [1.54, 1.807) is 6.26 Å². The van der Waals surface area contributed by atoms with Gasteiger partial charge >= 0.3 is 0 Å². The van der Waals surface area contributed by atoms with E-state index in [1.165, 1.54) is 11.8 Å². The number of thioether (sulfide) groups is 1. The molecule has 1 fully saturated rings. The molecule has 1 N–H and O–H groups in total. The number of carbonyl (C=O) groups excluding carboxylic acids is 1. The van der Waals surface area contributed by atoms with Crippen LogP contribution in [0.4, 0.5) is 5.95 Å². The molecule has 1 amide bonds. The molecule has 2 aromatic heterocycles. The Morgan fingerprint density at radius 2 is 2.09 bits per heavy atom. The number of nitrogens with one attached hydrogen (secondary N) is 1. The van der Waals surface area contributed by atoms with Gasteiger partial charge in [-0.05, 0) is 55.5 Å². The molecule has 9 heteroatoms. The first kappa shape index (κ1) is 23.2. The molecule has 1 saturated heterocycles. The standard InChI is InChI=1S/C24H31N5O3S/c1-18-8-11-28(12-9-18)23-26-27-24(29(23)16-21-7-4-13-31-21)33-17-22(30)25-10-14-32-20-6-3-5-19(2)15-20/h3-7,13,15,18H,8-12,14,16-17H2,1-2H3,(H,25,30). The van der Waals surface area contributed by atoms with Crippen LogP contribution in [0.2, 0.25) is 0 Å². The highest BCUT2D eigenvalue weighted by Crippen LogP contribution is 2.27. The molecule has 3 aromatic rings. The van der Waals surface area contributed by atoms with Crippen LogP contribution in [0.25, 0.3) is 0 Å². The first-order valence-corrected chi connectivity index (χ1v) is 12.4. The molecular formula is C24H31N5O3S. The van der Waals surface area contributed by atoms with Gasteiger partial charge in [0.1, 0.15) is 18.1 Å². The number of aryl methyl sites for hydroxylation is 1. The van der Waals surface area contributed by atoms with Gasteiger partial charge in [0.25, 0.3) is 0 Å². The van der Waals surface area contributed by atoms with Gasteiger partial charge in [-0.2, -0.15) is 0 Å². The topological polar surface area (TPSA) is 85.4 Å². The summed E-state index contributed by atoms with van der Waals surface area (Å²) >= 11 is 1.39. The van der Waals surface area contributed by atoms with Gasteiger partial charge in [0.2, 0.25) is 11.9 Å². The van der Waals surface area contributed by atoms with E-state index < -0.39 is 0 Å². The van der Waals surface area contributed by atoms with Crippen molar-refractivity contribution in [2.45, 2.75) is 38.4 Å². The van der Waals surface area contributed by atoms with Crippen LogP contribution in [-0.4, -0.2) is 52.7 Å². The van der Waals surface area contributed by atoms with E-state index in [2.05, 4.69) is 27.3 Å². The summed E-state index contributed by atoms with van der Waals surface area (Å²) in [7, 11) is 0. The molecule has 1 aromatic carbocycles. The van der Waals surface area contributed by atoms with Crippen molar-refractivity contribution in [2.24, 2.45) is 5.92 Å². The molecule has 33 heavy (non-hydrogen) atoms. The van der Waals surface area contributed by atoms with E-state index >= 15 is 0 Å². The highest BCUT2D eigenvalue weighted by Gasteiger charge is 2.23. The molecule has 0 aliphatic carbocycles. The maximum atomic E-state index is 12.4. The zero-order valence-corrected chi connectivity index (χ0v) is 20.0. The lowest BCUT2D eigenvalue weighted by Gasteiger charge is -2.31. The fraction of sp³-hybridized carbons (Fsp3) is 0.458. The minimum atomic E-state index is -0.0614. The number of benzene rings is 1. The highest BCUT2D eigenvalue weighted by atomic mass is 32.2. The third-order valence-corrected chi connectivity index (χ3v) is 6.64. The van der Waals surface area contributed by atoms with Gasteiger partial charge in [0, 0.05) is 13.1 Å². The Bertz CT molecular complexity index is 1030. The smallest absolute Gasteiger partial charge is 0.230 e. The second kappa shape index (κ2) is 11.3. The van der Waals surface area contributed by atoms with Gasteiger partial charge in [0.15, 0.2) is 5.16 Å². The fourth-order valence-corrected chi connectivity index (χ4v) is 4.54. The zero-order valence-electron chi connectivity index (χ0n) is 19.2. The van der Waals surface area contributed by atoms with Crippen molar-refractivity contribution in [2.75, 3.05) is 36.9 Å². The Hall–Kier alpha value is -2.94. The average Bonchev–Trinajstić information content (AvgIpc) is 3.46. The monoisotopic (exact) mass is 469 g/mol. The highest BCUT2D eigenvalue weighted by molar-refractivity contribution is 7.99. The molecule has 0 bridgehead atoms. The number of hydrogen-bond acceptors (Lipinski definition) is 7. The lowest BCUT2D eigenvalue weighted by molar-refractivity contribution is -0.118. The first-order chi connectivity index (χ1) is 16.1. The summed E-state index contributed by atoms with van der Waals surface area (Å²) in [4.78, 5) is 14.7. The molecule has 1 aliphatic heterocycles. The molecule has 0 atom stereocenters. The van der Waals surface area contributed by atoms with E-state index in [0.717, 1.165) is 54.9 Å². The molecule has 176 valence electrons. The largest absolute Gasteiger partial charge is 0.492 e. The van der Waals surface area contributed by atoms with Gasteiger partial charge < -0.3 is 19.4 Å². The summed E-state index contributed by atoms with van der Waals surface area (Å²) in [5, 5.41) is 12.5. The summed E-state index contributed by atoms with van der Waals surface area (Å²) < 4.78 is 13.3. The number of piperidine rings is 1. The molecule has 0 spiro atoms. The van der Waals surface area contributed by atoms with E-state index in [-0.39, 0.29) is 11.7 Å². The van der Waals surface area contributed by atoms with Gasteiger partial charge in [-0.3, -0.25) is 9.36 Å². The van der Waals surface area contributed by atoms with E-state index in [4.69, 9.17) is 9.15 Å². The summed E-state index contributed by atoms with van der Waals surface area (Å²) in [6.07, 6.45) is 3.95. The molecule has 8 nitrogen and oxygen atoms in total. The number of rotatable bonds is 10. The Morgan fingerprint density at radius 1 is 1.24 bits per heavy atom. The van der Waals surface area contributed by atoms with Crippen LogP contribution < -0.4 is 15.0 Å². The van der Waals surface area contributed by atoms with Crippen molar-refractivity contribution < 1.29 is 13.9 Å². The minimum Gasteiger partial charge on any atom is -0.492 e. The lowest BCUT2D eigenvalue weighted by atomic mass is 10.00. The lowest BCUT2D eigenvalue weighted by Crippen LogP contribution is -2.35. The Morgan fingerprint density at radius 3 is 2.85 bits per heavy atom. The quantitative estimate of drug-likeness (QED) is 0.357. The van der Waals surface area contributed by atoms with Crippen LogP contribution in [0.15, 0.2) is 52.2 Å². The summed E-state index contributed by atoms with van der Waals surface area (Å²) in [5.74, 6) is 3.42. The van der Waals surface area contributed by atoms with Gasteiger partial charge in [0.05, 0.1) is 25.1 Å². The first-order valence-electron chi connectivity index (χ1n) is 11.4. The zero-order chi connectivity index (χ0) is 23.0. The van der Waals surface area contributed by atoms with Crippen molar-refractivity contribution in [1.29, 1.82) is 0 Å². The van der Waals surface area contributed by atoms with Crippen LogP contribution >= 0.6 is 11.8 Å². The number of nitrogens with zero attached hydrogens (tertiary/aromatic N) is 4. The number of aromatic nitrogens is 3. The molecule has 4 rings (SSSR count). The Labute approximate surface area is 198 Å². The van der Waals surface area contributed by atoms with Crippen molar-refractivity contribution >= 4 is 23.6 Å². The molecule has 0 radical (unpaired) electrons. The number of anilines is 1. The maximum absolute atomic E-state index is 12.4. The normalized spacial score (nSPS) is 14.4. The Kier molecular flexibility index (Phi) is 7.93. The molecule has 3 heterocycles. The van der Waals surface area contributed by atoms with E-state index in [0.29, 0.717) is 24.9 Å². The summed E-state index contributed by atoms with van der Waals surface area (Å²) in [6, 6.07) is 11.7. The fourth-order valence-electron chi connectivity index (χ4n) is 3.77. The predicted octanol–water partition coefficient (Wildman–Crippen LogP) is 3.75. The van der Waals surface area contributed by atoms with E-state index in [9.17, 15) is 4.79 Å². The number of furan rings is 1. The second-order valence-corrected chi connectivity index (χ2v) is 9.36. The third kappa shape index (κ3) is 6.54. The number of amides is 1. The average molecular weight is 470 g/mol. The second-order valence-electron chi connectivity index (χ2n) is 8.42. The minimum absolute atomic E-state index is 0.0614. The van der Waals surface area contributed by atoms with E-state index in [1.807, 2.05) is 47.9 Å². The van der Waals surface area contributed by atoms with Crippen molar-refractivity contribution in [3.8, 4) is 5.75 Å². The van der Waals surface area contributed by atoms with Gasteiger partial charge in [-0.15, -0.1) is 10.2 Å². The van der Waals surface area contributed by atoms with Crippen LogP contribution in [-0.2, 0) is 11.3 Å². The van der Waals surface area contributed by atoms with Crippen LogP contribution in [0.3, 0.4) is 0 Å². The Balaban J connectivity index is 1.31. The third-order valence-electron chi connectivity index (χ3n) is 5.67. The number of hydrogen-bond donors (Lipinski definition) is 1. The van der Waals surface area contributed by atoms with Crippen molar-refractivity contribution in [3.05, 3.63) is 54.0 Å². The van der Waals surface area contributed by atoms with Crippen LogP contribution in [0.1, 0.15) is 31.1 Å². The van der Waals surface area contributed by atoms with Crippen molar-refractivity contribution in [3.63, 3.8) is 0 Å². The van der Waals surface area contributed by atoms with Gasteiger partial charge in [-0.25, -0.2) is 0 Å². The summed E-state index contributed by atoms with van der Waals surface area (Å²) in [6.45, 7) is 7.64. The molecule has 0 unspecified atom stereocenters. The molecule has 0 saturated carbocycles. The summed E-state index contributed by atoms with van der Waals surface area (Å²) in [5.41, 5.74) is 1.14. The van der Waals surface area contributed by atoms with Gasteiger partial charge in [-0.1, -0.05) is 30.8 Å². The predicted molar refractivity (Wildman–Crippen MR) is 129 cm³/mol. The number of ether oxygens (including phenoxy) is 1. The maximum Gasteiger partial charge on any atom is 0.230 e. The van der Waals surface area contributed by atoms with Crippen LogP contribution in [0, 0.1) is 12.8 Å².